The number of hydrogen-bond donors (Lipinski definition) is 1. The Morgan fingerprint density at radius 1 is 1.08 bits per heavy atom. The Labute approximate surface area is 218 Å². The van der Waals surface area contributed by atoms with Crippen LogP contribution in [-0.4, -0.2) is 43.9 Å². The molecule has 9 nitrogen and oxygen atoms in total. The largest absolute Gasteiger partial charge is 0.445 e. The molecule has 2 aromatic carbocycles. The molecule has 1 aliphatic carbocycles. The number of ether oxygens (including phenoxy) is 3. The van der Waals surface area contributed by atoms with Crippen molar-refractivity contribution in [1.82, 2.24) is 4.98 Å². The van der Waals surface area contributed by atoms with Crippen molar-refractivity contribution >= 4 is 32.2 Å². The summed E-state index contributed by atoms with van der Waals surface area (Å²) in [4.78, 5) is 17.8. The van der Waals surface area contributed by atoms with E-state index < -0.39 is 21.8 Å². The molecule has 37 heavy (non-hydrogen) atoms. The molecule has 1 unspecified atom stereocenters. The van der Waals surface area contributed by atoms with E-state index in [4.69, 9.17) is 19.5 Å². The molecule has 192 valence electrons. The van der Waals surface area contributed by atoms with Gasteiger partial charge in [0.2, 0.25) is 5.06 Å². The predicted molar refractivity (Wildman–Crippen MR) is 136 cm³/mol. The van der Waals surface area contributed by atoms with E-state index in [1.807, 2.05) is 0 Å². The van der Waals surface area contributed by atoms with Gasteiger partial charge < -0.3 is 14.2 Å². The molecule has 1 N–H and O–H groups in total. The number of thiazole rings is 1. The second-order valence-electron chi connectivity index (χ2n) is 8.85. The zero-order chi connectivity index (χ0) is 25.8. The first-order chi connectivity index (χ1) is 17.9. The summed E-state index contributed by atoms with van der Waals surface area (Å²) in [6, 6.07) is 15.1. The third-order valence-corrected chi connectivity index (χ3v) is 9.20. The Morgan fingerprint density at radius 3 is 2.43 bits per heavy atom. The average molecular weight is 540 g/mol. The highest BCUT2D eigenvalue weighted by Gasteiger charge is 2.37. The van der Waals surface area contributed by atoms with E-state index in [0.717, 1.165) is 11.3 Å². The summed E-state index contributed by atoms with van der Waals surface area (Å²) in [5, 5.41) is 12.2. The van der Waals surface area contributed by atoms with Crippen LogP contribution >= 0.6 is 11.3 Å². The van der Waals surface area contributed by atoms with E-state index >= 15 is 0 Å². The number of amides is 1. The Kier molecular flexibility index (Phi) is 7.53. The molecule has 11 heteroatoms. The topological polar surface area (TPSA) is 128 Å². The van der Waals surface area contributed by atoms with Gasteiger partial charge in [-0.15, -0.1) is 0 Å². The highest BCUT2D eigenvalue weighted by atomic mass is 32.2. The minimum absolute atomic E-state index is 0.161. The third kappa shape index (κ3) is 6.17. The molecule has 2 fully saturated rings. The first kappa shape index (κ1) is 25.4. The van der Waals surface area contributed by atoms with Gasteiger partial charge in [0, 0.05) is 13.2 Å². The van der Waals surface area contributed by atoms with Gasteiger partial charge in [0.1, 0.15) is 5.75 Å². The average Bonchev–Trinajstić information content (AvgIpc) is 3.70. The lowest BCUT2D eigenvalue weighted by atomic mass is 10.1. The van der Waals surface area contributed by atoms with Gasteiger partial charge in [-0.2, -0.15) is 5.26 Å². The Bertz CT molecular complexity index is 1390. The molecular weight excluding hydrogens is 514 g/mol. The molecule has 1 saturated carbocycles. The lowest BCUT2D eigenvalue weighted by Gasteiger charge is -2.27. The first-order valence-corrected chi connectivity index (χ1v) is 14.3. The molecule has 1 amide bonds. The van der Waals surface area contributed by atoms with Crippen LogP contribution in [0, 0.1) is 11.3 Å². The maximum Gasteiger partial charge on any atom is 0.259 e. The van der Waals surface area contributed by atoms with Crippen LogP contribution in [0.15, 0.2) is 59.6 Å². The fourth-order valence-corrected chi connectivity index (χ4v) is 6.30. The molecule has 1 saturated heterocycles. The van der Waals surface area contributed by atoms with E-state index in [9.17, 15) is 13.2 Å². The van der Waals surface area contributed by atoms with E-state index in [2.05, 4.69) is 16.4 Å². The highest BCUT2D eigenvalue weighted by molar-refractivity contribution is 7.92. The molecule has 0 radical (unpaired) electrons. The fraction of sp³-hybridized carbons (Fsp3) is 0.346. The van der Waals surface area contributed by atoms with Gasteiger partial charge in [0.25, 0.3) is 5.91 Å². The van der Waals surface area contributed by atoms with E-state index in [1.54, 1.807) is 48.5 Å². The van der Waals surface area contributed by atoms with E-state index in [0.29, 0.717) is 66.0 Å². The Hall–Kier alpha value is -3.30. The van der Waals surface area contributed by atoms with Crippen molar-refractivity contribution in [2.75, 3.05) is 18.5 Å². The number of nitrogens with one attached hydrogen (secondary N) is 1. The summed E-state index contributed by atoms with van der Waals surface area (Å²) < 4.78 is 42.5. The number of nitriles is 1. The minimum Gasteiger partial charge on any atom is -0.445 e. The van der Waals surface area contributed by atoms with E-state index in [-0.39, 0.29) is 16.2 Å². The van der Waals surface area contributed by atoms with Crippen LogP contribution in [0.3, 0.4) is 0 Å². The highest BCUT2D eigenvalue weighted by Crippen LogP contribution is 2.35. The van der Waals surface area contributed by atoms with Crippen LogP contribution < -0.4 is 10.1 Å². The van der Waals surface area contributed by atoms with Gasteiger partial charge in [0.05, 0.1) is 34.1 Å². The van der Waals surface area contributed by atoms with Crippen LogP contribution in [-0.2, 0) is 24.1 Å². The zero-order valence-electron chi connectivity index (χ0n) is 19.8. The molecule has 2 heterocycles. The first-order valence-electron chi connectivity index (χ1n) is 11.9. The summed E-state index contributed by atoms with van der Waals surface area (Å²) in [5.74, 6) is 0.131. The molecule has 0 spiro atoms. The molecule has 1 aromatic heterocycles. The maximum absolute atomic E-state index is 13.3. The Balaban J connectivity index is 1.31. The summed E-state index contributed by atoms with van der Waals surface area (Å²) in [6.45, 7) is 1.11. The third-order valence-electron chi connectivity index (χ3n) is 6.13. The monoisotopic (exact) mass is 539 g/mol. The van der Waals surface area contributed by atoms with Crippen LogP contribution in [0.25, 0.3) is 0 Å². The van der Waals surface area contributed by atoms with Crippen molar-refractivity contribution in [1.29, 1.82) is 5.26 Å². The van der Waals surface area contributed by atoms with Gasteiger partial charge >= 0.3 is 0 Å². The molecular formula is C26H25N3O6S2. The number of hydrogen-bond acceptors (Lipinski definition) is 9. The second-order valence-corrected chi connectivity index (χ2v) is 12.1. The number of carbonyl (C=O) groups is 1. The number of anilines is 1. The predicted octanol–water partition coefficient (Wildman–Crippen LogP) is 4.62. The summed E-state index contributed by atoms with van der Waals surface area (Å²) >= 11 is 1.16. The number of sulfone groups is 1. The lowest BCUT2D eigenvalue weighted by Crippen LogP contribution is -2.31. The van der Waals surface area contributed by atoms with Crippen LogP contribution in [0.5, 0.6) is 10.8 Å². The summed E-state index contributed by atoms with van der Waals surface area (Å²) in [7, 11) is -3.33. The van der Waals surface area contributed by atoms with Gasteiger partial charge in [-0.25, -0.2) is 13.4 Å². The molecule has 2 aliphatic rings. The summed E-state index contributed by atoms with van der Waals surface area (Å²) in [5.41, 5.74) is 1.09. The molecule has 5 rings (SSSR count). The van der Waals surface area contributed by atoms with Crippen molar-refractivity contribution < 1.29 is 27.4 Å². The van der Waals surface area contributed by atoms with E-state index in [1.165, 1.54) is 6.20 Å². The smallest absolute Gasteiger partial charge is 0.259 e. The zero-order valence-corrected chi connectivity index (χ0v) is 21.5. The van der Waals surface area contributed by atoms with Crippen molar-refractivity contribution in [3.63, 3.8) is 0 Å². The summed E-state index contributed by atoms with van der Waals surface area (Å²) in [6.07, 6.45) is 3.10. The van der Waals surface area contributed by atoms with Crippen LogP contribution in [0.4, 0.5) is 5.13 Å². The molecule has 1 atom stereocenters. The molecule has 1 aliphatic heterocycles. The van der Waals surface area contributed by atoms with Gasteiger partial charge in [-0.1, -0.05) is 23.5 Å². The normalized spacial score (nSPS) is 17.1. The lowest BCUT2D eigenvalue weighted by molar-refractivity contribution is -0.136. The fourth-order valence-electron chi connectivity index (χ4n) is 3.95. The molecule has 3 aromatic rings. The Morgan fingerprint density at radius 2 is 1.78 bits per heavy atom. The van der Waals surface area contributed by atoms with Crippen molar-refractivity contribution in [2.45, 2.75) is 48.0 Å². The maximum atomic E-state index is 13.3. The molecule has 0 bridgehead atoms. The number of benzene rings is 2. The van der Waals surface area contributed by atoms with Crippen LogP contribution in [0.2, 0.25) is 0 Å². The second kappa shape index (κ2) is 11.0. The number of nitrogens with zero attached hydrogens (tertiary/aromatic N) is 2. The van der Waals surface area contributed by atoms with Crippen molar-refractivity contribution in [2.24, 2.45) is 0 Å². The number of carbonyl (C=O) groups excluding carboxylic acids is 1. The van der Waals surface area contributed by atoms with Crippen molar-refractivity contribution in [3.05, 3.63) is 65.9 Å². The number of rotatable bonds is 9. The van der Waals surface area contributed by atoms with Gasteiger partial charge in [-0.3, -0.25) is 10.1 Å². The van der Waals surface area contributed by atoms with Crippen molar-refractivity contribution in [3.8, 4) is 16.9 Å². The quantitative estimate of drug-likeness (QED) is 0.417. The SMILES string of the molecule is N#Cc1ccc(Oc2cnc(NC(=O)C(OC3CCOCC3)c3ccc(S(=O)(=O)C4CC4)cc3)s2)cc1. The standard InChI is InChI=1S/C26H25N3O6S2/c27-15-17-1-5-19(6-2-17)34-23-16-28-26(36-23)29-25(30)24(35-20-11-13-33-14-12-20)18-3-7-21(8-4-18)37(31,32)22-9-10-22/h1-8,16,20,22,24H,9-14H2,(H,28,29,30). The minimum atomic E-state index is -3.33. The van der Waals surface area contributed by atoms with Gasteiger partial charge in [0.15, 0.2) is 21.1 Å². The van der Waals surface area contributed by atoms with Crippen LogP contribution in [0.1, 0.15) is 42.9 Å². The number of aromatic nitrogens is 1. The van der Waals surface area contributed by atoms with Gasteiger partial charge in [-0.05, 0) is 67.6 Å².